The van der Waals surface area contributed by atoms with Gasteiger partial charge in [-0.15, -0.1) is 0 Å². The van der Waals surface area contributed by atoms with Gasteiger partial charge in [0, 0.05) is 27.2 Å². The third-order valence-electron chi connectivity index (χ3n) is 3.58. The van der Waals surface area contributed by atoms with Gasteiger partial charge in [0.25, 0.3) is 0 Å². The van der Waals surface area contributed by atoms with Crippen molar-refractivity contribution in [1.82, 2.24) is 15.3 Å². The van der Waals surface area contributed by atoms with Gasteiger partial charge in [-0.25, -0.2) is 0 Å². The quantitative estimate of drug-likeness (QED) is 0.502. The largest absolute Gasteiger partial charge is 0.313 e. The number of hydrogen-bond acceptors (Lipinski definition) is 4. The van der Waals surface area contributed by atoms with E-state index in [1.54, 1.807) is 5.06 Å². The average molecular weight is 307 g/mol. The number of nitrogens with zero attached hydrogens (tertiary/aromatic N) is 2. The zero-order valence-electron chi connectivity index (χ0n) is 15.0. The Balaban J connectivity index is 2.03. The monoisotopic (exact) mass is 307 g/mol. The maximum atomic E-state index is 5.40. The number of benzene rings is 1. The molecule has 0 heterocycles. The maximum absolute atomic E-state index is 5.40. The lowest BCUT2D eigenvalue weighted by atomic mass is 10.1. The molecule has 126 valence electrons. The second kappa shape index (κ2) is 10.7. The van der Waals surface area contributed by atoms with E-state index < -0.39 is 0 Å². The maximum Gasteiger partial charge on any atom is 0.0811 e. The summed E-state index contributed by atoms with van der Waals surface area (Å²) in [4.78, 5) is 7.73. The smallest absolute Gasteiger partial charge is 0.0811 e. The summed E-state index contributed by atoms with van der Waals surface area (Å²) in [6, 6.07) is 6.75. The predicted molar refractivity (Wildman–Crippen MR) is 94.0 cm³/mol. The summed E-state index contributed by atoms with van der Waals surface area (Å²) in [6.07, 6.45) is 2.43. The van der Waals surface area contributed by atoms with Gasteiger partial charge in [0.05, 0.1) is 6.61 Å². The van der Waals surface area contributed by atoms with E-state index in [1.807, 2.05) is 14.1 Å². The molecule has 0 aliphatic carbocycles. The van der Waals surface area contributed by atoms with Crippen LogP contribution < -0.4 is 5.32 Å². The molecule has 0 bridgehead atoms. The topological polar surface area (TPSA) is 27.7 Å². The number of aryl methyl sites for hydroxylation is 2. The van der Waals surface area contributed by atoms with Crippen LogP contribution in [0.4, 0.5) is 0 Å². The molecule has 4 heteroatoms. The Morgan fingerprint density at radius 2 is 1.64 bits per heavy atom. The fourth-order valence-corrected chi connectivity index (χ4v) is 2.53. The van der Waals surface area contributed by atoms with Crippen LogP contribution in [0.2, 0.25) is 0 Å². The van der Waals surface area contributed by atoms with Crippen molar-refractivity contribution in [2.45, 2.75) is 33.2 Å². The van der Waals surface area contributed by atoms with Crippen molar-refractivity contribution in [2.24, 2.45) is 0 Å². The van der Waals surface area contributed by atoms with E-state index in [0.29, 0.717) is 0 Å². The van der Waals surface area contributed by atoms with Gasteiger partial charge in [-0.1, -0.05) is 29.3 Å². The molecule has 0 aliphatic heterocycles. The van der Waals surface area contributed by atoms with Crippen molar-refractivity contribution >= 4 is 0 Å². The molecule has 0 fully saturated rings. The zero-order chi connectivity index (χ0) is 16.4. The Hall–Kier alpha value is -0.940. The fourth-order valence-electron chi connectivity index (χ4n) is 2.53. The Bertz CT molecular complexity index is 401. The molecule has 0 aromatic heterocycles. The van der Waals surface area contributed by atoms with Crippen molar-refractivity contribution in [3.8, 4) is 0 Å². The minimum absolute atomic E-state index is 0.758. The van der Waals surface area contributed by atoms with Crippen LogP contribution in [0.1, 0.15) is 29.5 Å². The molecule has 0 saturated carbocycles. The summed E-state index contributed by atoms with van der Waals surface area (Å²) >= 11 is 0. The van der Waals surface area contributed by atoms with E-state index in [-0.39, 0.29) is 0 Å². The summed E-state index contributed by atoms with van der Waals surface area (Å²) < 4.78 is 0. The van der Waals surface area contributed by atoms with Crippen LogP contribution in [0.5, 0.6) is 0 Å². The first-order valence-corrected chi connectivity index (χ1v) is 8.24. The summed E-state index contributed by atoms with van der Waals surface area (Å²) in [6.45, 7) is 9.23. The van der Waals surface area contributed by atoms with E-state index in [4.69, 9.17) is 4.84 Å². The van der Waals surface area contributed by atoms with E-state index in [1.165, 1.54) is 29.5 Å². The number of nitrogens with one attached hydrogen (secondary N) is 1. The lowest BCUT2D eigenvalue weighted by molar-refractivity contribution is -0.122. The fraction of sp³-hybridized carbons (Fsp3) is 0.667. The molecule has 22 heavy (non-hydrogen) atoms. The van der Waals surface area contributed by atoms with Crippen molar-refractivity contribution in [3.05, 3.63) is 34.9 Å². The SMILES string of the molecule is Cc1cc(C)cc(CNCCCCN(C)CCON(C)C)c1. The molecule has 0 atom stereocenters. The number of hydroxylamine groups is 2. The zero-order valence-corrected chi connectivity index (χ0v) is 15.0. The van der Waals surface area contributed by atoms with E-state index in [0.717, 1.165) is 32.8 Å². The van der Waals surface area contributed by atoms with Crippen molar-refractivity contribution < 1.29 is 4.84 Å². The molecule has 1 N–H and O–H groups in total. The van der Waals surface area contributed by atoms with Gasteiger partial charge in [-0.2, -0.15) is 5.06 Å². The molecule has 1 rings (SSSR count). The Kier molecular flexibility index (Phi) is 9.32. The third kappa shape index (κ3) is 9.15. The lowest BCUT2D eigenvalue weighted by Crippen LogP contribution is -2.27. The van der Waals surface area contributed by atoms with Crippen LogP contribution in [0.3, 0.4) is 0 Å². The number of hydrogen-bond donors (Lipinski definition) is 1. The molecule has 0 amide bonds. The number of unbranched alkanes of at least 4 members (excludes halogenated alkanes) is 1. The summed E-state index contributed by atoms with van der Waals surface area (Å²) in [5, 5.41) is 5.29. The highest BCUT2D eigenvalue weighted by atomic mass is 16.7. The van der Waals surface area contributed by atoms with Crippen LogP contribution in [-0.2, 0) is 11.4 Å². The van der Waals surface area contributed by atoms with Gasteiger partial charge in [-0.3, -0.25) is 4.84 Å². The number of likely N-dealkylation sites (N-methyl/N-ethyl adjacent to an activating group) is 1. The summed E-state index contributed by atoms with van der Waals surface area (Å²) in [5.41, 5.74) is 4.08. The van der Waals surface area contributed by atoms with Crippen LogP contribution in [0, 0.1) is 13.8 Å². The van der Waals surface area contributed by atoms with Gasteiger partial charge in [0.15, 0.2) is 0 Å². The summed E-state index contributed by atoms with van der Waals surface area (Å²) in [7, 11) is 5.99. The molecular formula is C18H33N3O. The Morgan fingerprint density at radius 1 is 0.955 bits per heavy atom. The molecular weight excluding hydrogens is 274 g/mol. The molecule has 1 aromatic rings. The molecule has 1 aromatic carbocycles. The standard InChI is InChI=1S/C18H33N3O/c1-16-12-17(2)14-18(13-16)15-19-8-6-7-9-21(5)10-11-22-20(3)4/h12-14,19H,6-11,15H2,1-5H3. The van der Waals surface area contributed by atoms with E-state index in [2.05, 4.69) is 49.3 Å². The highest BCUT2D eigenvalue weighted by Crippen LogP contribution is 2.08. The lowest BCUT2D eigenvalue weighted by Gasteiger charge is -2.18. The van der Waals surface area contributed by atoms with Crippen molar-refractivity contribution in [1.29, 1.82) is 0 Å². The van der Waals surface area contributed by atoms with Gasteiger partial charge < -0.3 is 10.2 Å². The van der Waals surface area contributed by atoms with Crippen LogP contribution in [-0.4, -0.2) is 57.3 Å². The first-order chi connectivity index (χ1) is 10.5. The first-order valence-electron chi connectivity index (χ1n) is 8.24. The van der Waals surface area contributed by atoms with Crippen LogP contribution in [0.15, 0.2) is 18.2 Å². The second-order valence-corrected chi connectivity index (χ2v) is 6.33. The summed E-state index contributed by atoms with van der Waals surface area (Å²) in [5.74, 6) is 0. The van der Waals surface area contributed by atoms with Crippen molar-refractivity contribution in [3.63, 3.8) is 0 Å². The minimum Gasteiger partial charge on any atom is -0.313 e. The molecule has 0 saturated heterocycles. The van der Waals surface area contributed by atoms with E-state index in [9.17, 15) is 0 Å². The van der Waals surface area contributed by atoms with Crippen molar-refractivity contribution in [2.75, 3.05) is 47.4 Å². The van der Waals surface area contributed by atoms with Gasteiger partial charge in [-0.05, 0) is 52.4 Å². The molecule has 0 aliphatic rings. The molecule has 0 unspecified atom stereocenters. The van der Waals surface area contributed by atoms with Crippen LogP contribution in [0.25, 0.3) is 0 Å². The van der Waals surface area contributed by atoms with Gasteiger partial charge in [0.2, 0.25) is 0 Å². The highest BCUT2D eigenvalue weighted by Gasteiger charge is 2.00. The third-order valence-corrected chi connectivity index (χ3v) is 3.58. The molecule has 0 radical (unpaired) electrons. The normalized spacial score (nSPS) is 11.6. The van der Waals surface area contributed by atoms with E-state index >= 15 is 0 Å². The highest BCUT2D eigenvalue weighted by molar-refractivity contribution is 5.28. The first kappa shape index (κ1) is 19.1. The Morgan fingerprint density at radius 3 is 2.27 bits per heavy atom. The Labute approximate surface area is 136 Å². The second-order valence-electron chi connectivity index (χ2n) is 6.33. The molecule has 0 spiro atoms. The van der Waals surface area contributed by atoms with Crippen LogP contribution >= 0.6 is 0 Å². The predicted octanol–water partition coefficient (Wildman–Crippen LogP) is 2.60. The minimum atomic E-state index is 0.758. The van der Waals surface area contributed by atoms with Gasteiger partial charge in [0.1, 0.15) is 0 Å². The number of rotatable bonds is 11. The van der Waals surface area contributed by atoms with Gasteiger partial charge >= 0.3 is 0 Å². The average Bonchev–Trinajstić information content (AvgIpc) is 2.41. The molecule has 4 nitrogen and oxygen atoms in total.